The molecule has 0 bridgehead atoms. The highest BCUT2D eigenvalue weighted by Gasteiger charge is 2.19. The third-order valence-electron chi connectivity index (χ3n) is 4.22. The Balaban J connectivity index is 0.000000659. The number of nitrogens with zero attached hydrogens (tertiary/aromatic N) is 3. The Morgan fingerprint density at radius 1 is 1.30 bits per heavy atom. The van der Waals surface area contributed by atoms with Gasteiger partial charge in [-0.2, -0.15) is 0 Å². The summed E-state index contributed by atoms with van der Waals surface area (Å²) in [6.45, 7) is 2.70. The molecule has 3 heterocycles. The normalized spacial score (nSPS) is 13.7. The van der Waals surface area contributed by atoms with Crippen LogP contribution < -0.4 is 10.6 Å². The molecule has 4 rings (SSSR count). The molecule has 1 aliphatic heterocycles. The number of fused-ring (bicyclic) bond motifs is 1. The maximum absolute atomic E-state index is 11.5. The van der Waals surface area contributed by atoms with Crippen LogP contribution in [0.25, 0.3) is 22.2 Å². The molecule has 4 N–H and O–H groups in total. The van der Waals surface area contributed by atoms with Gasteiger partial charge in [-0.25, -0.2) is 9.97 Å². The van der Waals surface area contributed by atoms with E-state index in [1.54, 1.807) is 18.5 Å². The predicted octanol–water partition coefficient (Wildman–Crippen LogP) is 1.26. The molecule has 0 spiro atoms. The molecule has 2 aromatic heterocycles. The minimum atomic E-state index is -0.443. The van der Waals surface area contributed by atoms with E-state index in [0.29, 0.717) is 18.8 Å². The molecule has 0 saturated carbocycles. The number of morpholine rings is 1. The number of anilines is 1. The Kier molecular flexibility index (Phi) is 5.62. The molecule has 0 radical (unpaired) electrons. The molecule has 3 aromatic rings. The number of carbonyl (C=O) groups excluding carboxylic acids is 1. The average Bonchev–Trinajstić information content (AvgIpc) is 3.14. The number of hydrogen-bond donors (Lipinski definition) is 3. The van der Waals surface area contributed by atoms with Gasteiger partial charge in [0.25, 0.3) is 6.47 Å². The number of primary amides is 1. The second-order valence-electron chi connectivity index (χ2n) is 5.77. The first-order valence-corrected chi connectivity index (χ1v) is 8.28. The maximum Gasteiger partial charge on any atom is 0.290 e. The molecule has 1 amide bonds. The van der Waals surface area contributed by atoms with Gasteiger partial charge in [-0.1, -0.05) is 12.1 Å². The Morgan fingerprint density at radius 2 is 2.04 bits per heavy atom. The summed E-state index contributed by atoms with van der Waals surface area (Å²) in [5.41, 5.74) is 8.51. The number of carbonyl (C=O) groups is 2. The van der Waals surface area contributed by atoms with E-state index >= 15 is 0 Å². The van der Waals surface area contributed by atoms with Gasteiger partial charge in [-0.05, 0) is 17.7 Å². The standard InChI is InChI=1S/C17H17N5O2.CH2O2/c18-15(23)12-3-1-2-11(8-12)13-9-19-16-14(13)17(21-10-20-16)22-4-6-24-7-5-22;2-1-3/h1-3,8-10H,4-7H2,(H2,18,23)(H,19,20,21);1H,(H,2,3). The summed E-state index contributed by atoms with van der Waals surface area (Å²) in [7, 11) is 0. The lowest BCUT2D eigenvalue weighted by Crippen LogP contribution is -2.36. The van der Waals surface area contributed by atoms with Crippen LogP contribution in [0.1, 0.15) is 10.4 Å². The monoisotopic (exact) mass is 369 g/mol. The van der Waals surface area contributed by atoms with Crippen molar-refractivity contribution in [3.05, 3.63) is 42.4 Å². The minimum absolute atomic E-state index is 0.250. The van der Waals surface area contributed by atoms with Crippen LogP contribution in [-0.4, -0.2) is 58.7 Å². The summed E-state index contributed by atoms with van der Waals surface area (Å²) in [6.07, 6.45) is 3.46. The molecule has 1 fully saturated rings. The quantitative estimate of drug-likeness (QED) is 0.592. The van der Waals surface area contributed by atoms with Gasteiger partial charge in [0.15, 0.2) is 0 Å². The lowest BCUT2D eigenvalue weighted by molar-refractivity contribution is -0.122. The van der Waals surface area contributed by atoms with Crippen LogP contribution in [0.2, 0.25) is 0 Å². The Morgan fingerprint density at radius 3 is 2.74 bits per heavy atom. The van der Waals surface area contributed by atoms with E-state index in [1.807, 2.05) is 18.3 Å². The van der Waals surface area contributed by atoms with Gasteiger partial charge in [0.05, 0.1) is 18.6 Å². The molecule has 140 valence electrons. The maximum atomic E-state index is 11.5. The van der Waals surface area contributed by atoms with E-state index in [1.165, 1.54) is 0 Å². The number of carboxylic acid groups (broad SMARTS) is 1. The van der Waals surface area contributed by atoms with E-state index in [0.717, 1.165) is 41.1 Å². The highest BCUT2D eigenvalue weighted by Crippen LogP contribution is 2.34. The van der Waals surface area contributed by atoms with Crippen LogP contribution in [0, 0.1) is 0 Å². The fourth-order valence-electron chi connectivity index (χ4n) is 3.03. The Labute approximate surface area is 154 Å². The van der Waals surface area contributed by atoms with E-state index in [4.69, 9.17) is 20.4 Å². The second-order valence-corrected chi connectivity index (χ2v) is 5.77. The van der Waals surface area contributed by atoms with Gasteiger partial charge in [-0.3, -0.25) is 9.59 Å². The van der Waals surface area contributed by atoms with Gasteiger partial charge < -0.3 is 25.5 Å². The smallest absolute Gasteiger partial charge is 0.290 e. The van der Waals surface area contributed by atoms with E-state index in [-0.39, 0.29) is 6.47 Å². The van der Waals surface area contributed by atoms with Crippen molar-refractivity contribution in [3.8, 4) is 11.1 Å². The lowest BCUT2D eigenvalue weighted by Gasteiger charge is -2.28. The molecule has 1 saturated heterocycles. The van der Waals surface area contributed by atoms with Crippen LogP contribution in [0.4, 0.5) is 5.82 Å². The molecule has 0 aliphatic carbocycles. The number of H-pyrrole nitrogens is 1. The van der Waals surface area contributed by atoms with Crippen molar-refractivity contribution in [1.29, 1.82) is 0 Å². The Hall–Kier alpha value is -3.46. The van der Waals surface area contributed by atoms with Crippen LogP contribution >= 0.6 is 0 Å². The van der Waals surface area contributed by atoms with E-state index < -0.39 is 5.91 Å². The van der Waals surface area contributed by atoms with Gasteiger partial charge >= 0.3 is 0 Å². The highest BCUT2D eigenvalue weighted by atomic mass is 16.5. The van der Waals surface area contributed by atoms with Gasteiger partial charge in [0.2, 0.25) is 5.91 Å². The fourth-order valence-corrected chi connectivity index (χ4v) is 3.03. The minimum Gasteiger partial charge on any atom is -0.483 e. The first kappa shape index (κ1) is 18.3. The summed E-state index contributed by atoms with van der Waals surface area (Å²) in [5, 5.41) is 7.83. The number of nitrogens with one attached hydrogen (secondary N) is 1. The summed E-state index contributed by atoms with van der Waals surface area (Å²) in [4.78, 5) is 34.0. The van der Waals surface area contributed by atoms with Crippen molar-refractivity contribution in [1.82, 2.24) is 15.0 Å². The number of rotatable bonds is 3. The molecule has 9 nitrogen and oxygen atoms in total. The van der Waals surface area contributed by atoms with E-state index in [9.17, 15) is 4.79 Å². The highest BCUT2D eigenvalue weighted by molar-refractivity contribution is 6.02. The number of amides is 1. The van der Waals surface area contributed by atoms with Crippen molar-refractivity contribution in [2.75, 3.05) is 31.2 Å². The number of ether oxygens (including phenoxy) is 1. The van der Waals surface area contributed by atoms with Crippen molar-refractivity contribution in [3.63, 3.8) is 0 Å². The zero-order valence-electron chi connectivity index (χ0n) is 14.5. The zero-order chi connectivity index (χ0) is 19.2. The van der Waals surface area contributed by atoms with Crippen LogP contribution in [0.5, 0.6) is 0 Å². The van der Waals surface area contributed by atoms with Gasteiger partial charge in [-0.15, -0.1) is 0 Å². The van der Waals surface area contributed by atoms with Gasteiger partial charge in [0, 0.05) is 30.4 Å². The topological polar surface area (TPSA) is 134 Å². The van der Waals surface area contributed by atoms with Crippen molar-refractivity contribution in [2.24, 2.45) is 5.73 Å². The number of aromatic amines is 1. The SMILES string of the molecule is NC(=O)c1cccc(-c2c[nH]c3ncnc(N4CCOCC4)c23)c1.O=CO. The molecular weight excluding hydrogens is 350 g/mol. The van der Waals surface area contributed by atoms with Crippen LogP contribution in [0.3, 0.4) is 0 Å². The molecule has 0 atom stereocenters. The van der Waals surface area contributed by atoms with Crippen LogP contribution in [0.15, 0.2) is 36.8 Å². The third-order valence-corrected chi connectivity index (χ3v) is 4.22. The first-order chi connectivity index (χ1) is 13.2. The summed E-state index contributed by atoms with van der Waals surface area (Å²) < 4.78 is 5.43. The Bertz CT molecular complexity index is 950. The van der Waals surface area contributed by atoms with E-state index in [2.05, 4.69) is 19.9 Å². The average molecular weight is 369 g/mol. The number of nitrogens with two attached hydrogens (primary N) is 1. The van der Waals surface area contributed by atoms with Crippen molar-refractivity contribution < 1.29 is 19.4 Å². The third kappa shape index (κ3) is 3.87. The fraction of sp³-hybridized carbons (Fsp3) is 0.222. The zero-order valence-corrected chi connectivity index (χ0v) is 14.5. The molecule has 0 unspecified atom stereocenters. The first-order valence-electron chi connectivity index (χ1n) is 8.28. The molecular formula is C18H19N5O4. The number of hydrogen-bond acceptors (Lipinski definition) is 6. The van der Waals surface area contributed by atoms with Crippen molar-refractivity contribution >= 4 is 29.2 Å². The number of aromatic nitrogens is 3. The largest absolute Gasteiger partial charge is 0.483 e. The van der Waals surface area contributed by atoms with Crippen LogP contribution in [-0.2, 0) is 9.53 Å². The predicted molar refractivity (Wildman–Crippen MR) is 99.6 cm³/mol. The number of benzene rings is 1. The summed E-state index contributed by atoms with van der Waals surface area (Å²) in [5.74, 6) is 0.436. The second kappa shape index (κ2) is 8.28. The molecule has 1 aliphatic rings. The molecule has 9 heteroatoms. The molecule has 27 heavy (non-hydrogen) atoms. The molecule has 1 aromatic carbocycles. The lowest BCUT2D eigenvalue weighted by atomic mass is 10.0. The van der Waals surface area contributed by atoms with Crippen molar-refractivity contribution in [2.45, 2.75) is 0 Å². The van der Waals surface area contributed by atoms with Gasteiger partial charge in [0.1, 0.15) is 17.8 Å². The summed E-state index contributed by atoms with van der Waals surface area (Å²) >= 11 is 0. The summed E-state index contributed by atoms with van der Waals surface area (Å²) in [6, 6.07) is 7.28.